The average molecular weight is 480 g/mol. The molecule has 0 N–H and O–H groups in total. The molecule has 1 aromatic heterocycles. The molecular formula is C22H15F3O5S2. The Balaban J connectivity index is 2.09. The molecule has 1 heterocycles. The quantitative estimate of drug-likeness (QED) is 0.264. The Morgan fingerprint density at radius 2 is 1.28 bits per heavy atom. The molecule has 0 aliphatic rings. The minimum atomic E-state index is -6.00. The Bertz CT molecular complexity index is 1380. The van der Waals surface area contributed by atoms with Gasteiger partial charge in [-0.1, -0.05) is 36.4 Å². The summed E-state index contributed by atoms with van der Waals surface area (Å²) in [6, 6.07) is 22.6. The zero-order valence-corrected chi connectivity index (χ0v) is 17.8. The predicted octanol–water partition coefficient (Wildman–Crippen LogP) is 5.86. The standard InChI is InChI=1S/C22H15F3O5S2/c23-22(24,25)32(27,28)30-31(17-7-3-1-4-8-17,18-9-5-2-6-10-18)19-12-13-20-16(15-19)11-14-21(26)29-20/h1-15H. The first-order valence-electron chi connectivity index (χ1n) is 9.13. The van der Waals surface area contributed by atoms with Crippen LogP contribution in [0.5, 0.6) is 0 Å². The van der Waals surface area contributed by atoms with E-state index < -0.39 is 31.6 Å². The van der Waals surface area contributed by atoms with E-state index in [9.17, 15) is 26.4 Å². The van der Waals surface area contributed by atoms with Crippen molar-refractivity contribution in [2.24, 2.45) is 0 Å². The van der Waals surface area contributed by atoms with Gasteiger partial charge in [-0.15, -0.1) is 0 Å². The van der Waals surface area contributed by atoms with E-state index in [0.29, 0.717) is 5.39 Å². The van der Waals surface area contributed by atoms with Crippen molar-refractivity contribution in [3.63, 3.8) is 0 Å². The molecule has 0 spiro atoms. The second-order valence-electron chi connectivity index (χ2n) is 6.60. The first-order chi connectivity index (χ1) is 15.1. The number of benzene rings is 3. The van der Waals surface area contributed by atoms with Crippen LogP contribution in [0, 0.1) is 0 Å². The topological polar surface area (TPSA) is 73.6 Å². The molecule has 10 heteroatoms. The van der Waals surface area contributed by atoms with Gasteiger partial charge in [0.15, 0.2) is 0 Å². The summed E-state index contributed by atoms with van der Waals surface area (Å²) >= 11 is 0. The van der Waals surface area contributed by atoms with Crippen molar-refractivity contribution in [1.29, 1.82) is 0 Å². The molecule has 0 unspecified atom stereocenters. The van der Waals surface area contributed by atoms with Gasteiger partial charge in [-0.2, -0.15) is 25.2 Å². The maximum Gasteiger partial charge on any atom is 0.524 e. The molecule has 0 fully saturated rings. The summed E-state index contributed by atoms with van der Waals surface area (Å²) < 4.78 is 75.3. The summed E-state index contributed by atoms with van der Waals surface area (Å²) in [5.74, 6) is 0. The van der Waals surface area contributed by atoms with Crippen molar-refractivity contribution >= 4 is 31.4 Å². The smallest absolute Gasteiger partial charge is 0.423 e. The van der Waals surface area contributed by atoms with E-state index in [1.54, 1.807) is 36.4 Å². The van der Waals surface area contributed by atoms with E-state index in [2.05, 4.69) is 0 Å². The lowest BCUT2D eigenvalue weighted by Gasteiger charge is -2.39. The summed E-state index contributed by atoms with van der Waals surface area (Å²) in [5, 5.41) is 0.402. The van der Waals surface area contributed by atoms with Crippen LogP contribution in [-0.4, -0.2) is 13.9 Å². The summed E-state index contributed by atoms with van der Waals surface area (Å²) in [7, 11) is -9.40. The van der Waals surface area contributed by atoms with E-state index in [0.717, 1.165) is 0 Å². The van der Waals surface area contributed by atoms with Crippen molar-refractivity contribution in [2.75, 3.05) is 0 Å². The molecule has 0 bridgehead atoms. The molecule has 0 saturated carbocycles. The first-order valence-corrected chi connectivity index (χ1v) is 12.1. The van der Waals surface area contributed by atoms with Gasteiger partial charge in [-0.25, -0.2) is 4.79 Å². The van der Waals surface area contributed by atoms with Crippen LogP contribution in [0.3, 0.4) is 0 Å². The fourth-order valence-corrected chi connectivity index (χ4v) is 7.93. The largest absolute Gasteiger partial charge is 0.524 e. The average Bonchev–Trinajstić information content (AvgIpc) is 2.77. The Morgan fingerprint density at radius 1 is 0.719 bits per heavy atom. The lowest BCUT2D eigenvalue weighted by Crippen LogP contribution is -2.27. The normalized spacial score (nSPS) is 13.2. The zero-order valence-electron chi connectivity index (χ0n) is 16.2. The van der Waals surface area contributed by atoms with Gasteiger partial charge in [-0.3, -0.25) is 0 Å². The highest BCUT2D eigenvalue weighted by Crippen LogP contribution is 2.70. The SMILES string of the molecule is O=c1ccc2cc(S(OS(=O)(=O)C(F)(F)F)(c3ccccc3)c3ccccc3)ccc2o1. The Kier molecular flexibility index (Phi) is 5.61. The van der Waals surface area contributed by atoms with Crippen LogP contribution in [-0.2, 0) is 13.7 Å². The minimum absolute atomic E-state index is 0.184. The Labute approximate surface area is 182 Å². The maximum absolute atomic E-state index is 13.5. The summed E-state index contributed by atoms with van der Waals surface area (Å²) in [5.41, 5.74) is -6.02. The van der Waals surface area contributed by atoms with Crippen LogP contribution in [0.2, 0.25) is 0 Å². The minimum Gasteiger partial charge on any atom is -0.423 e. The summed E-state index contributed by atoms with van der Waals surface area (Å²) in [4.78, 5) is 12.2. The number of hydrogen-bond donors (Lipinski definition) is 0. The molecular weight excluding hydrogens is 465 g/mol. The molecule has 166 valence electrons. The highest BCUT2D eigenvalue weighted by atomic mass is 32.3. The second-order valence-corrected chi connectivity index (χ2v) is 11.0. The molecule has 0 saturated heterocycles. The first kappa shape index (κ1) is 22.1. The molecule has 3 aromatic carbocycles. The number of hydrogen-bond acceptors (Lipinski definition) is 5. The highest BCUT2D eigenvalue weighted by molar-refractivity contribution is 8.33. The third-order valence-corrected chi connectivity index (χ3v) is 9.44. The maximum atomic E-state index is 13.5. The van der Waals surface area contributed by atoms with Crippen LogP contribution in [0.25, 0.3) is 11.0 Å². The predicted molar refractivity (Wildman–Crippen MR) is 114 cm³/mol. The number of fused-ring (bicyclic) bond motifs is 1. The Morgan fingerprint density at radius 3 is 1.81 bits per heavy atom. The van der Waals surface area contributed by atoms with Crippen molar-refractivity contribution < 1.29 is 29.6 Å². The van der Waals surface area contributed by atoms with E-state index >= 15 is 0 Å². The van der Waals surface area contributed by atoms with Gasteiger partial charge >= 0.3 is 21.3 Å². The Hall–Kier alpha value is -3.08. The molecule has 0 atom stereocenters. The lowest BCUT2D eigenvalue weighted by atomic mass is 10.2. The third-order valence-electron chi connectivity index (χ3n) is 4.55. The fourth-order valence-electron chi connectivity index (χ4n) is 3.15. The second kappa shape index (κ2) is 8.12. The van der Waals surface area contributed by atoms with E-state index in [-0.39, 0.29) is 20.3 Å². The number of rotatable bonds is 5. The molecule has 0 aliphatic heterocycles. The van der Waals surface area contributed by atoms with Crippen molar-refractivity contribution in [3.05, 3.63) is 101 Å². The monoisotopic (exact) mass is 480 g/mol. The summed E-state index contributed by atoms with van der Waals surface area (Å²) in [6.07, 6.45) is 0. The van der Waals surface area contributed by atoms with Gasteiger partial charge < -0.3 is 4.42 Å². The van der Waals surface area contributed by atoms with Crippen molar-refractivity contribution in [1.82, 2.24) is 0 Å². The van der Waals surface area contributed by atoms with Gasteiger partial charge in [0.1, 0.15) is 5.58 Å². The summed E-state index contributed by atoms with van der Waals surface area (Å²) in [6.45, 7) is 0. The number of halogens is 3. The van der Waals surface area contributed by atoms with Crippen molar-refractivity contribution in [3.8, 4) is 0 Å². The third kappa shape index (κ3) is 3.92. The molecule has 32 heavy (non-hydrogen) atoms. The van der Waals surface area contributed by atoms with E-state index in [1.165, 1.54) is 54.6 Å². The van der Waals surface area contributed by atoms with Gasteiger partial charge in [0.25, 0.3) is 0 Å². The van der Waals surface area contributed by atoms with Gasteiger partial charge in [-0.05, 0) is 58.8 Å². The molecule has 4 aromatic rings. The van der Waals surface area contributed by atoms with Crippen LogP contribution in [0.15, 0.2) is 115 Å². The van der Waals surface area contributed by atoms with Crippen LogP contribution >= 0.6 is 10.3 Å². The van der Waals surface area contributed by atoms with Crippen LogP contribution < -0.4 is 5.63 Å². The molecule has 0 aliphatic carbocycles. The van der Waals surface area contributed by atoms with Gasteiger partial charge in [0, 0.05) is 26.1 Å². The zero-order chi connectivity index (χ0) is 23.0. The van der Waals surface area contributed by atoms with Crippen LogP contribution in [0.1, 0.15) is 0 Å². The number of alkyl halides is 3. The van der Waals surface area contributed by atoms with Gasteiger partial charge in [0.2, 0.25) is 0 Å². The van der Waals surface area contributed by atoms with Gasteiger partial charge in [0.05, 0.1) is 0 Å². The van der Waals surface area contributed by atoms with Crippen LogP contribution in [0.4, 0.5) is 13.2 Å². The molecule has 0 amide bonds. The molecule has 5 nitrogen and oxygen atoms in total. The molecule has 4 rings (SSSR count). The molecule has 0 radical (unpaired) electrons. The van der Waals surface area contributed by atoms with E-state index in [4.69, 9.17) is 8.05 Å². The highest BCUT2D eigenvalue weighted by Gasteiger charge is 2.52. The van der Waals surface area contributed by atoms with Crippen molar-refractivity contribution in [2.45, 2.75) is 20.2 Å². The fraction of sp³-hybridized carbons (Fsp3) is 0.0455. The van der Waals surface area contributed by atoms with E-state index in [1.807, 2.05) is 0 Å². The lowest BCUT2D eigenvalue weighted by molar-refractivity contribution is -0.0496.